The maximum atomic E-state index is 9.05. The Kier molecular flexibility index (Phi) is 7.19. The number of aromatic nitrogens is 4. The van der Waals surface area contributed by atoms with Crippen LogP contribution in [0, 0.1) is 6.57 Å². The summed E-state index contributed by atoms with van der Waals surface area (Å²) >= 11 is 0. The zero-order valence-corrected chi connectivity index (χ0v) is 31.5. The Hall–Kier alpha value is -8.27. The molecule has 6 heteroatoms. The molecule has 0 amide bonds. The lowest BCUT2D eigenvalue weighted by atomic mass is 10.0. The number of rotatable bonds is 5. The smallest absolute Gasteiger partial charge is 0.224 e. The maximum absolute atomic E-state index is 9.05. The summed E-state index contributed by atoms with van der Waals surface area (Å²) < 4.78 is 11.6. The van der Waals surface area contributed by atoms with Gasteiger partial charge in [0.1, 0.15) is 11.2 Å². The van der Waals surface area contributed by atoms with Crippen LogP contribution in [-0.2, 0) is 0 Å². The van der Waals surface area contributed by atoms with Gasteiger partial charge in [0, 0.05) is 55.1 Å². The first kappa shape index (κ1) is 32.9. The van der Waals surface area contributed by atoms with Gasteiger partial charge in [-0.15, -0.1) is 0 Å². The average Bonchev–Trinajstić information content (AvgIpc) is 3.96. The molecule has 0 aliphatic rings. The summed E-state index contributed by atoms with van der Waals surface area (Å²) in [5, 5.41) is 6.14. The molecule has 59 heavy (non-hydrogen) atoms. The molecule has 0 saturated heterocycles. The monoisotopic (exact) mass is 753 g/mol. The van der Waals surface area contributed by atoms with E-state index in [1.165, 1.54) is 0 Å². The number of hydrogen-bond donors (Lipinski definition) is 0. The van der Waals surface area contributed by atoms with Crippen LogP contribution in [0.25, 0.3) is 116 Å². The van der Waals surface area contributed by atoms with Gasteiger partial charge in [0.05, 0.1) is 51.4 Å². The lowest BCUT2D eigenvalue weighted by Crippen LogP contribution is -2.04. The molecule has 0 aliphatic carbocycles. The van der Waals surface area contributed by atoms with Crippen LogP contribution in [0.3, 0.4) is 0 Å². The van der Waals surface area contributed by atoms with E-state index in [2.05, 4.69) is 141 Å². The Morgan fingerprint density at radius 1 is 0.458 bits per heavy atom. The zero-order valence-electron chi connectivity index (χ0n) is 31.5. The first-order valence-corrected chi connectivity index (χ1v) is 19.6. The Morgan fingerprint density at radius 2 is 0.949 bits per heavy atom. The number of benzene rings is 8. The summed E-state index contributed by atoms with van der Waals surface area (Å²) in [6, 6.07) is 64.5. The van der Waals surface area contributed by atoms with E-state index in [9.17, 15) is 0 Å². The minimum Gasteiger partial charge on any atom is -0.457 e. The van der Waals surface area contributed by atoms with E-state index in [1.807, 2.05) is 60.7 Å². The molecule has 12 aromatic rings. The molecule has 4 aromatic heterocycles. The number of furan rings is 1. The number of para-hydroxylation sites is 5. The summed E-state index contributed by atoms with van der Waals surface area (Å²) in [5.74, 6) is 0.624. The fraction of sp³-hybridized carbons (Fsp3) is 0. The van der Waals surface area contributed by atoms with Gasteiger partial charge in [-0.25, -0.2) is 14.8 Å². The van der Waals surface area contributed by atoms with Crippen LogP contribution < -0.4 is 0 Å². The molecule has 0 aliphatic heterocycles. The highest BCUT2D eigenvalue weighted by Gasteiger charge is 2.27. The quantitative estimate of drug-likeness (QED) is 0.164. The molecule has 12 rings (SSSR count). The Balaban J connectivity index is 1.22. The topological polar surface area (TPSA) is 53.1 Å². The predicted molar refractivity (Wildman–Crippen MR) is 241 cm³/mol. The second-order valence-corrected chi connectivity index (χ2v) is 14.8. The van der Waals surface area contributed by atoms with Crippen molar-refractivity contribution < 1.29 is 4.42 Å². The SMILES string of the molecule is [C-]#[N+]c1c(-n2c3ccccc3c3ccccc32)c(-n2c3ccccc3c3ccccc32)cc2oc3c(-c4cc(-c5ccccc5)nc(-c5ccccc5)n4)cccc3c12. The van der Waals surface area contributed by atoms with Crippen LogP contribution in [0.15, 0.2) is 192 Å². The first-order chi connectivity index (χ1) is 29.2. The molecule has 8 aromatic carbocycles. The second kappa shape index (κ2) is 12.9. The standard InChI is InChI=1S/C53H31N5O/c1-54-50-49-40-26-16-25-39(42-31-41(33-17-4-2-5-18-33)55-53(56-42)34-19-6-3-7-20-34)52(40)59-48(49)32-47(57-43-27-12-8-21-35(43)36-22-9-13-28-44(36)57)51(50)58-45-29-14-10-23-37(45)38-24-11-15-30-46(38)58/h2-32H. The molecule has 0 N–H and O–H groups in total. The van der Waals surface area contributed by atoms with Crippen molar-refractivity contribution in [3.63, 3.8) is 0 Å². The van der Waals surface area contributed by atoms with Crippen molar-refractivity contribution in [3.8, 4) is 45.3 Å². The van der Waals surface area contributed by atoms with Crippen LogP contribution >= 0.6 is 0 Å². The van der Waals surface area contributed by atoms with E-state index in [0.29, 0.717) is 22.7 Å². The molecular formula is C53H31N5O. The van der Waals surface area contributed by atoms with Gasteiger partial charge in [-0.3, -0.25) is 0 Å². The van der Waals surface area contributed by atoms with Crippen molar-refractivity contribution >= 4 is 71.2 Å². The van der Waals surface area contributed by atoms with E-state index < -0.39 is 0 Å². The lowest BCUT2D eigenvalue weighted by molar-refractivity contribution is 0.669. The molecule has 0 fully saturated rings. The van der Waals surface area contributed by atoms with Crippen LogP contribution in [-0.4, -0.2) is 19.1 Å². The minimum absolute atomic E-state index is 0.513. The molecule has 6 nitrogen and oxygen atoms in total. The lowest BCUT2D eigenvalue weighted by Gasteiger charge is -2.19. The summed E-state index contributed by atoms with van der Waals surface area (Å²) in [6.07, 6.45) is 0. The third-order valence-electron chi connectivity index (χ3n) is 11.6. The molecular weight excluding hydrogens is 723 g/mol. The molecule has 0 saturated carbocycles. The van der Waals surface area contributed by atoms with E-state index in [-0.39, 0.29) is 0 Å². The summed E-state index contributed by atoms with van der Waals surface area (Å²) in [7, 11) is 0. The van der Waals surface area contributed by atoms with Crippen LogP contribution in [0.2, 0.25) is 0 Å². The van der Waals surface area contributed by atoms with Crippen molar-refractivity contribution in [1.82, 2.24) is 19.1 Å². The molecule has 0 atom stereocenters. The van der Waals surface area contributed by atoms with Gasteiger partial charge in [0.15, 0.2) is 5.82 Å². The van der Waals surface area contributed by atoms with E-state index in [4.69, 9.17) is 21.0 Å². The Labute approximate surface area is 338 Å². The van der Waals surface area contributed by atoms with Crippen molar-refractivity contribution in [1.29, 1.82) is 0 Å². The van der Waals surface area contributed by atoms with Crippen molar-refractivity contribution in [3.05, 3.63) is 199 Å². The third-order valence-corrected chi connectivity index (χ3v) is 11.6. The minimum atomic E-state index is 0.513. The van der Waals surface area contributed by atoms with Crippen LogP contribution in [0.5, 0.6) is 0 Å². The average molecular weight is 754 g/mol. The highest BCUT2D eigenvalue weighted by Crippen LogP contribution is 2.49. The number of nitrogens with zero attached hydrogens (tertiary/aromatic N) is 5. The molecule has 274 valence electrons. The molecule has 0 bridgehead atoms. The number of hydrogen-bond acceptors (Lipinski definition) is 3. The third kappa shape index (κ3) is 4.92. The first-order valence-electron chi connectivity index (χ1n) is 19.6. The van der Waals surface area contributed by atoms with Gasteiger partial charge < -0.3 is 13.6 Å². The molecule has 0 spiro atoms. The predicted octanol–water partition coefficient (Wildman–Crippen LogP) is 14.1. The second-order valence-electron chi connectivity index (χ2n) is 14.8. The van der Waals surface area contributed by atoms with Gasteiger partial charge in [-0.2, -0.15) is 0 Å². The summed E-state index contributed by atoms with van der Waals surface area (Å²) in [5.41, 5.74) is 11.9. The van der Waals surface area contributed by atoms with Crippen molar-refractivity contribution in [2.45, 2.75) is 0 Å². The maximum Gasteiger partial charge on any atom is 0.224 e. The Morgan fingerprint density at radius 3 is 1.53 bits per heavy atom. The van der Waals surface area contributed by atoms with Gasteiger partial charge >= 0.3 is 0 Å². The van der Waals surface area contributed by atoms with Gasteiger partial charge in [0.2, 0.25) is 5.69 Å². The van der Waals surface area contributed by atoms with Crippen LogP contribution in [0.4, 0.5) is 5.69 Å². The van der Waals surface area contributed by atoms with Gasteiger partial charge in [-0.05, 0) is 36.4 Å². The van der Waals surface area contributed by atoms with Gasteiger partial charge in [-0.1, -0.05) is 146 Å². The van der Waals surface area contributed by atoms with E-state index in [0.717, 1.165) is 93.8 Å². The van der Waals surface area contributed by atoms with Crippen molar-refractivity contribution in [2.75, 3.05) is 0 Å². The summed E-state index contributed by atoms with van der Waals surface area (Å²) in [6.45, 7) is 9.05. The summed E-state index contributed by atoms with van der Waals surface area (Å²) in [4.78, 5) is 14.7. The largest absolute Gasteiger partial charge is 0.457 e. The van der Waals surface area contributed by atoms with E-state index >= 15 is 0 Å². The van der Waals surface area contributed by atoms with Gasteiger partial charge in [0.25, 0.3) is 0 Å². The fourth-order valence-electron chi connectivity index (χ4n) is 9.02. The fourth-order valence-corrected chi connectivity index (χ4v) is 9.02. The van der Waals surface area contributed by atoms with Crippen LogP contribution in [0.1, 0.15) is 0 Å². The molecule has 4 heterocycles. The number of fused-ring (bicyclic) bond motifs is 9. The zero-order chi connectivity index (χ0) is 39.0. The highest BCUT2D eigenvalue weighted by molar-refractivity contribution is 6.20. The molecule has 0 unspecified atom stereocenters. The molecule has 0 radical (unpaired) electrons. The van der Waals surface area contributed by atoms with E-state index in [1.54, 1.807) is 0 Å². The highest BCUT2D eigenvalue weighted by atomic mass is 16.3. The Bertz CT molecular complexity index is 3520. The normalized spacial score (nSPS) is 11.7. The van der Waals surface area contributed by atoms with Crippen molar-refractivity contribution in [2.24, 2.45) is 0 Å².